The van der Waals surface area contributed by atoms with Crippen molar-refractivity contribution in [3.8, 4) is 5.75 Å². The van der Waals surface area contributed by atoms with E-state index >= 15 is 0 Å². The van der Waals surface area contributed by atoms with E-state index in [2.05, 4.69) is 10.6 Å². The van der Waals surface area contributed by atoms with Gasteiger partial charge in [0.1, 0.15) is 23.4 Å². The van der Waals surface area contributed by atoms with Crippen molar-refractivity contribution in [3.63, 3.8) is 0 Å². The molecule has 1 aromatic carbocycles. The standard InChI is InChI=1S/C16H19FN2O4/c1-10(2)23-11-5-6-13(12(17)8-11)19-16(21)18-9-14(20)15-4-3-7-22-15/h3-8,10,14,20H,9H2,1-2H3,(H2,18,19,21). The predicted molar refractivity (Wildman–Crippen MR) is 82.9 cm³/mol. The fourth-order valence-electron chi connectivity index (χ4n) is 1.88. The first-order valence-electron chi connectivity index (χ1n) is 7.18. The average Bonchev–Trinajstić information content (AvgIpc) is 3.01. The van der Waals surface area contributed by atoms with Crippen LogP contribution in [0.3, 0.4) is 0 Å². The lowest BCUT2D eigenvalue weighted by molar-refractivity contribution is 0.149. The molecule has 2 rings (SSSR count). The number of nitrogens with one attached hydrogen (secondary N) is 2. The van der Waals surface area contributed by atoms with Crippen LogP contribution in [0.25, 0.3) is 0 Å². The first kappa shape index (κ1) is 16.8. The summed E-state index contributed by atoms with van der Waals surface area (Å²) in [5, 5.41) is 14.6. The van der Waals surface area contributed by atoms with Gasteiger partial charge < -0.3 is 24.9 Å². The molecule has 7 heteroatoms. The van der Waals surface area contributed by atoms with Crippen LogP contribution in [-0.2, 0) is 0 Å². The molecule has 1 heterocycles. The number of anilines is 1. The highest BCUT2D eigenvalue weighted by molar-refractivity contribution is 5.89. The maximum Gasteiger partial charge on any atom is 0.319 e. The van der Waals surface area contributed by atoms with E-state index in [1.165, 1.54) is 18.4 Å². The summed E-state index contributed by atoms with van der Waals surface area (Å²) in [7, 11) is 0. The molecule has 0 aliphatic heterocycles. The Bertz CT molecular complexity index is 644. The van der Waals surface area contributed by atoms with Crippen LogP contribution < -0.4 is 15.4 Å². The molecule has 0 fully saturated rings. The summed E-state index contributed by atoms with van der Waals surface area (Å²) in [6, 6.07) is 6.78. The summed E-state index contributed by atoms with van der Waals surface area (Å²) in [6.45, 7) is 3.61. The van der Waals surface area contributed by atoms with Crippen LogP contribution in [0.15, 0.2) is 41.0 Å². The summed E-state index contributed by atoms with van der Waals surface area (Å²) in [4.78, 5) is 11.7. The Labute approximate surface area is 133 Å². The van der Waals surface area contributed by atoms with Crippen molar-refractivity contribution in [1.82, 2.24) is 5.32 Å². The number of urea groups is 1. The largest absolute Gasteiger partial charge is 0.491 e. The third kappa shape index (κ3) is 5.00. The first-order chi connectivity index (χ1) is 11.0. The van der Waals surface area contributed by atoms with Crippen LogP contribution in [-0.4, -0.2) is 23.8 Å². The Kier molecular flexibility index (Phi) is 5.59. The molecule has 124 valence electrons. The van der Waals surface area contributed by atoms with Crippen LogP contribution in [0.4, 0.5) is 14.9 Å². The van der Waals surface area contributed by atoms with Gasteiger partial charge in [-0.3, -0.25) is 0 Å². The number of amides is 2. The van der Waals surface area contributed by atoms with Gasteiger partial charge in [0.2, 0.25) is 0 Å². The zero-order valence-electron chi connectivity index (χ0n) is 12.9. The van der Waals surface area contributed by atoms with Gasteiger partial charge in [0.05, 0.1) is 24.6 Å². The van der Waals surface area contributed by atoms with Gasteiger partial charge >= 0.3 is 6.03 Å². The number of carbonyl (C=O) groups excluding carboxylic acids is 1. The number of hydrogen-bond donors (Lipinski definition) is 3. The molecule has 1 unspecified atom stereocenters. The fraction of sp³-hybridized carbons (Fsp3) is 0.312. The van der Waals surface area contributed by atoms with Crippen molar-refractivity contribution in [2.45, 2.75) is 26.1 Å². The Balaban J connectivity index is 1.87. The van der Waals surface area contributed by atoms with Gasteiger partial charge in [0, 0.05) is 6.07 Å². The summed E-state index contributed by atoms with van der Waals surface area (Å²) >= 11 is 0. The number of carbonyl (C=O) groups is 1. The van der Waals surface area contributed by atoms with Crippen molar-refractivity contribution in [2.24, 2.45) is 0 Å². The Morgan fingerprint density at radius 2 is 2.17 bits per heavy atom. The molecule has 0 saturated heterocycles. The minimum atomic E-state index is -0.970. The number of furan rings is 1. The Morgan fingerprint density at radius 1 is 1.39 bits per heavy atom. The van der Waals surface area contributed by atoms with Gasteiger partial charge in [-0.1, -0.05) is 0 Å². The summed E-state index contributed by atoms with van der Waals surface area (Å²) < 4.78 is 24.3. The molecule has 23 heavy (non-hydrogen) atoms. The third-order valence-electron chi connectivity index (χ3n) is 2.89. The highest BCUT2D eigenvalue weighted by Gasteiger charge is 2.13. The van der Waals surface area contributed by atoms with E-state index in [0.717, 1.165) is 0 Å². The maximum absolute atomic E-state index is 13.9. The molecule has 0 spiro atoms. The van der Waals surface area contributed by atoms with Gasteiger partial charge in [0.25, 0.3) is 0 Å². The average molecular weight is 322 g/mol. The van der Waals surface area contributed by atoms with E-state index in [-0.39, 0.29) is 18.3 Å². The van der Waals surface area contributed by atoms with Gasteiger partial charge in [-0.25, -0.2) is 9.18 Å². The summed E-state index contributed by atoms with van der Waals surface area (Å²) in [5.41, 5.74) is 0.0195. The van der Waals surface area contributed by atoms with E-state index in [4.69, 9.17) is 9.15 Å². The number of aliphatic hydroxyl groups excluding tert-OH is 1. The topological polar surface area (TPSA) is 83.7 Å². The van der Waals surface area contributed by atoms with E-state index in [1.807, 2.05) is 13.8 Å². The SMILES string of the molecule is CC(C)Oc1ccc(NC(=O)NCC(O)c2ccco2)c(F)c1. The molecule has 0 bridgehead atoms. The normalized spacial score (nSPS) is 12.0. The Morgan fingerprint density at radius 3 is 2.78 bits per heavy atom. The van der Waals surface area contributed by atoms with E-state index in [1.54, 1.807) is 18.2 Å². The summed E-state index contributed by atoms with van der Waals surface area (Å²) in [6.07, 6.45) is 0.386. The monoisotopic (exact) mass is 322 g/mol. The highest BCUT2D eigenvalue weighted by atomic mass is 19.1. The molecule has 3 N–H and O–H groups in total. The molecule has 2 amide bonds. The van der Waals surface area contributed by atoms with E-state index < -0.39 is 18.0 Å². The van der Waals surface area contributed by atoms with Crippen molar-refractivity contribution in [3.05, 3.63) is 48.2 Å². The number of benzene rings is 1. The fourth-order valence-corrected chi connectivity index (χ4v) is 1.88. The number of rotatable bonds is 6. The quantitative estimate of drug-likeness (QED) is 0.763. The molecule has 1 aromatic heterocycles. The molecule has 6 nitrogen and oxygen atoms in total. The summed E-state index contributed by atoms with van der Waals surface area (Å²) in [5.74, 6) is 0.119. The Hall–Kier alpha value is -2.54. The van der Waals surface area contributed by atoms with Gasteiger partial charge in [-0.05, 0) is 38.1 Å². The van der Waals surface area contributed by atoms with Crippen LogP contribution in [0.5, 0.6) is 5.75 Å². The number of halogens is 1. The van der Waals surface area contributed by atoms with Gasteiger partial charge in [0.15, 0.2) is 0 Å². The van der Waals surface area contributed by atoms with Gasteiger partial charge in [-0.15, -0.1) is 0 Å². The molecule has 0 aliphatic rings. The minimum absolute atomic E-state index is 0.0195. The molecule has 2 aromatic rings. The van der Waals surface area contributed by atoms with Crippen LogP contribution >= 0.6 is 0 Å². The second kappa shape index (κ2) is 7.64. The molecule has 0 radical (unpaired) electrons. The zero-order valence-corrected chi connectivity index (χ0v) is 12.9. The highest BCUT2D eigenvalue weighted by Crippen LogP contribution is 2.21. The first-order valence-corrected chi connectivity index (χ1v) is 7.18. The second-order valence-corrected chi connectivity index (χ2v) is 5.17. The number of hydrogen-bond acceptors (Lipinski definition) is 4. The zero-order chi connectivity index (χ0) is 16.8. The molecular weight excluding hydrogens is 303 g/mol. The van der Waals surface area contributed by atoms with Crippen molar-refractivity contribution >= 4 is 11.7 Å². The lowest BCUT2D eigenvalue weighted by Gasteiger charge is -2.13. The smallest absolute Gasteiger partial charge is 0.319 e. The van der Waals surface area contributed by atoms with E-state index in [9.17, 15) is 14.3 Å². The van der Waals surface area contributed by atoms with E-state index in [0.29, 0.717) is 11.5 Å². The second-order valence-electron chi connectivity index (χ2n) is 5.17. The lowest BCUT2D eigenvalue weighted by atomic mass is 10.2. The molecule has 0 aliphatic carbocycles. The number of ether oxygens (including phenoxy) is 1. The van der Waals surface area contributed by atoms with Crippen molar-refractivity contribution < 1.29 is 23.4 Å². The van der Waals surface area contributed by atoms with Crippen LogP contribution in [0, 0.1) is 5.82 Å². The van der Waals surface area contributed by atoms with Gasteiger partial charge in [-0.2, -0.15) is 0 Å². The molecular formula is C16H19FN2O4. The predicted octanol–water partition coefficient (Wildman–Crippen LogP) is 3.06. The van der Waals surface area contributed by atoms with Crippen molar-refractivity contribution in [1.29, 1.82) is 0 Å². The lowest BCUT2D eigenvalue weighted by Crippen LogP contribution is -2.32. The molecule has 1 atom stereocenters. The third-order valence-corrected chi connectivity index (χ3v) is 2.89. The minimum Gasteiger partial charge on any atom is -0.491 e. The molecule has 0 saturated carbocycles. The maximum atomic E-state index is 13.9. The van der Waals surface area contributed by atoms with Crippen LogP contribution in [0.2, 0.25) is 0 Å². The van der Waals surface area contributed by atoms with Crippen LogP contribution in [0.1, 0.15) is 25.7 Å². The number of aliphatic hydroxyl groups is 1. The van der Waals surface area contributed by atoms with Crippen molar-refractivity contribution in [2.75, 3.05) is 11.9 Å².